The summed E-state index contributed by atoms with van der Waals surface area (Å²) < 4.78 is 68.3. The molecule has 0 rings (SSSR count). The number of phosphoric ester groups is 2. The Kier molecular flexibility index (Phi) is 62.5. The summed E-state index contributed by atoms with van der Waals surface area (Å²) >= 11 is 0. The van der Waals surface area contributed by atoms with Gasteiger partial charge in [0, 0.05) is 25.7 Å². The zero-order valence-electron chi connectivity index (χ0n) is 60.2. The number of allylic oxidation sites excluding steroid dienone is 4. The van der Waals surface area contributed by atoms with Crippen LogP contribution >= 0.6 is 15.6 Å². The molecular weight excluding hydrogens is 1220 g/mol. The monoisotopic (exact) mass is 1360 g/mol. The molecule has 4 unspecified atom stereocenters. The van der Waals surface area contributed by atoms with Gasteiger partial charge in [0.2, 0.25) is 0 Å². The first-order valence-corrected chi connectivity index (χ1v) is 40.7. The Morgan fingerprint density at radius 1 is 0.355 bits per heavy atom. The SMILES string of the molecule is CCCCCC/C=C\C=C/CCCCCCCC(=O)OC[C@H](COP(=O)(O)OCC(O)COP(=O)(O)OC[C@@H](COC(=O)CCCCCCCCCC(C)C)OC(=O)CCCCCCCCC(C)CC)OC(=O)CCCCCCCCCCCCCCCCCC(C)C. The zero-order chi connectivity index (χ0) is 68.7. The third kappa shape index (κ3) is 66.6. The van der Waals surface area contributed by atoms with Crippen LogP contribution in [0.5, 0.6) is 0 Å². The van der Waals surface area contributed by atoms with E-state index in [2.05, 4.69) is 72.8 Å². The molecule has 0 aliphatic heterocycles. The van der Waals surface area contributed by atoms with Gasteiger partial charge < -0.3 is 33.8 Å². The third-order valence-corrected chi connectivity index (χ3v) is 18.8. The number of esters is 4. The second-order valence-electron chi connectivity index (χ2n) is 27.2. The molecule has 0 bridgehead atoms. The van der Waals surface area contributed by atoms with E-state index in [0.29, 0.717) is 31.6 Å². The van der Waals surface area contributed by atoms with Crippen molar-refractivity contribution in [1.29, 1.82) is 0 Å². The number of ether oxygens (including phenoxy) is 4. The molecule has 0 heterocycles. The van der Waals surface area contributed by atoms with Crippen molar-refractivity contribution in [2.75, 3.05) is 39.6 Å². The fraction of sp³-hybridized carbons (Fsp3) is 0.892. The van der Waals surface area contributed by atoms with E-state index < -0.39 is 97.5 Å². The average molecular weight is 1360 g/mol. The molecule has 0 radical (unpaired) electrons. The first-order chi connectivity index (χ1) is 44.8. The van der Waals surface area contributed by atoms with Crippen LogP contribution in [0.4, 0.5) is 0 Å². The highest BCUT2D eigenvalue weighted by Gasteiger charge is 2.30. The molecule has 0 saturated heterocycles. The van der Waals surface area contributed by atoms with Crippen LogP contribution in [0.3, 0.4) is 0 Å². The van der Waals surface area contributed by atoms with E-state index in [-0.39, 0.29) is 25.7 Å². The minimum Gasteiger partial charge on any atom is -0.462 e. The molecule has 0 fully saturated rings. The van der Waals surface area contributed by atoms with Gasteiger partial charge in [0.15, 0.2) is 12.2 Å². The number of aliphatic hydroxyl groups excluding tert-OH is 1. The van der Waals surface area contributed by atoms with Crippen LogP contribution in [0.15, 0.2) is 24.3 Å². The van der Waals surface area contributed by atoms with Crippen molar-refractivity contribution in [2.45, 2.75) is 369 Å². The predicted octanol–water partition coefficient (Wildman–Crippen LogP) is 21.0. The Morgan fingerprint density at radius 3 is 0.957 bits per heavy atom. The number of unbranched alkanes of at least 4 members (excludes halogenated alkanes) is 34. The number of rotatable bonds is 70. The fourth-order valence-electron chi connectivity index (χ4n) is 10.7. The Balaban J connectivity index is 5.27. The fourth-order valence-corrected chi connectivity index (χ4v) is 12.3. The van der Waals surface area contributed by atoms with Gasteiger partial charge in [0.25, 0.3) is 0 Å². The topological polar surface area (TPSA) is 237 Å². The van der Waals surface area contributed by atoms with E-state index in [1.165, 1.54) is 135 Å². The van der Waals surface area contributed by atoms with E-state index in [9.17, 15) is 43.2 Å². The molecule has 19 heteroatoms. The average Bonchev–Trinajstić information content (AvgIpc) is 1.75. The van der Waals surface area contributed by atoms with E-state index >= 15 is 0 Å². The van der Waals surface area contributed by atoms with Crippen molar-refractivity contribution in [3.05, 3.63) is 24.3 Å². The first kappa shape index (κ1) is 90.5. The predicted molar refractivity (Wildman–Crippen MR) is 377 cm³/mol. The molecule has 0 aromatic carbocycles. The lowest BCUT2D eigenvalue weighted by molar-refractivity contribution is -0.161. The van der Waals surface area contributed by atoms with Crippen LogP contribution in [-0.2, 0) is 65.4 Å². The summed E-state index contributed by atoms with van der Waals surface area (Å²) in [6, 6.07) is 0. The minimum absolute atomic E-state index is 0.0997. The molecule has 0 aromatic rings. The Hall–Kier alpha value is -2.46. The second-order valence-corrected chi connectivity index (χ2v) is 30.1. The van der Waals surface area contributed by atoms with Crippen LogP contribution in [0.25, 0.3) is 0 Å². The first-order valence-electron chi connectivity index (χ1n) is 37.7. The van der Waals surface area contributed by atoms with Crippen molar-refractivity contribution in [1.82, 2.24) is 0 Å². The van der Waals surface area contributed by atoms with E-state index in [0.717, 1.165) is 127 Å². The molecule has 0 aliphatic carbocycles. The van der Waals surface area contributed by atoms with Gasteiger partial charge in [-0.25, -0.2) is 9.13 Å². The molecule has 548 valence electrons. The number of carbonyl (C=O) groups is 4. The smallest absolute Gasteiger partial charge is 0.462 e. The highest BCUT2D eigenvalue weighted by atomic mass is 31.2. The summed E-state index contributed by atoms with van der Waals surface area (Å²) in [6.07, 6.45) is 52.3. The van der Waals surface area contributed by atoms with Gasteiger partial charge in [0.05, 0.1) is 26.4 Å². The highest BCUT2D eigenvalue weighted by molar-refractivity contribution is 7.47. The van der Waals surface area contributed by atoms with Crippen LogP contribution in [0.1, 0.15) is 350 Å². The lowest BCUT2D eigenvalue weighted by atomic mass is 10.00. The summed E-state index contributed by atoms with van der Waals surface area (Å²) in [5.41, 5.74) is 0. The summed E-state index contributed by atoms with van der Waals surface area (Å²) in [7, 11) is -9.92. The van der Waals surface area contributed by atoms with Gasteiger partial charge in [0.1, 0.15) is 19.3 Å². The van der Waals surface area contributed by atoms with E-state index in [4.69, 9.17) is 37.0 Å². The molecule has 93 heavy (non-hydrogen) atoms. The van der Waals surface area contributed by atoms with Crippen molar-refractivity contribution >= 4 is 39.5 Å². The Morgan fingerprint density at radius 2 is 0.634 bits per heavy atom. The summed E-state index contributed by atoms with van der Waals surface area (Å²) in [5.74, 6) is 0.0670. The van der Waals surface area contributed by atoms with Gasteiger partial charge in [-0.05, 0) is 69.1 Å². The maximum absolute atomic E-state index is 13.1. The largest absolute Gasteiger partial charge is 0.472 e. The second kappa shape index (κ2) is 64.2. The standard InChI is InChI=1S/C74H140O17P2/c1-8-10-11-12-13-14-15-16-18-22-25-28-33-41-48-55-71(76)84-61-69(90-73(78)57-50-43-34-29-26-23-20-17-19-21-24-27-31-38-45-52-65(3)4)63-88-92(80,81)86-59-68(75)60-87-93(82,83)89-64-70(91-74(79)58-51-44-37-36-40-47-54-67(7)9-2)62-85-72(77)56-49-42-35-30-32-39-46-53-66(5)6/h14-16,18,65-70,75H,8-13,17,19-64H2,1-7H3,(H,80,81)(H,82,83)/b15-14-,18-16-/t67?,68?,69-,70-/m1/s1. The number of phosphoric acid groups is 2. The van der Waals surface area contributed by atoms with Gasteiger partial charge >= 0.3 is 39.5 Å². The molecule has 0 spiro atoms. The van der Waals surface area contributed by atoms with Crippen molar-refractivity contribution in [2.24, 2.45) is 17.8 Å². The zero-order valence-corrected chi connectivity index (χ0v) is 62.0. The third-order valence-electron chi connectivity index (χ3n) is 16.9. The lowest BCUT2D eigenvalue weighted by Crippen LogP contribution is -2.30. The van der Waals surface area contributed by atoms with Crippen LogP contribution in [0, 0.1) is 17.8 Å². The number of aliphatic hydroxyl groups is 1. The van der Waals surface area contributed by atoms with Gasteiger partial charge in [-0.3, -0.25) is 37.3 Å². The summed E-state index contributed by atoms with van der Waals surface area (Å²) in [6.45, 7) is 11.7. The molecule has 6 atom stereocenters. The van der Waals surface area contributed by atoms with Gasteiger partial charge in [-0.2, -0.15) is 0 Å². The maximum Gasteiger partial charge on any atom is 0.472 e. The molecule has 3 N–H and O–H groups in total. The number of hydrogen-bond acceptors (Lipinski definition) is 15. The Labute approximate surface area is 567 Å². The summed E-state index contributed by atoms with van der Waals surface area (Å²) in [5, 5.41) is 10.6. The minimum atomic E-state index is -4.96. The van der Waals surface area contributed by atoms with Crippen LogP contribution < -0.4 is 0 Å². The van der Waals surface area contributed by atoms with Crippen molar-refractivity contribution in [3.63, 3.8) is 0 Å². The van der Waals surface area contributed by atoms with E-state index in [1.54, 1.807) is 0 Å². The normalized spacial score (nSPS) is 14.6. The van der Waals surface area contributed by atoms with Crippen LogP contribution in [-0.4, -0.2) is 96.7 Å². The molecule has 0 aromatic heterocycles. The van der Waals surface area contributed by atoms with Crippen LogP contribution in [0.2, 0.25) is 0 Å². The molecular formula is C74H140O17P2. The van der Waals surface area contributed by atoms with Gasteiger partial charge in [-0.1, -0.05) is 297 Å². The maximum atomic E-state index is 13.1. The van der Waals surface area contributed by atoms with E-state index in [1.807, 2.05) is 0 Å². The molecule has 0 aliphatic rings. The lowest BCUT2D eigenvalue weighted by Gasteiger charge is -2.21. The number of hydrogen-bond donors (Lipinski definition) is 3. The highest BCUT2D eigenvalue weighted by Crippen LogP contribution is 2.45. The molecule has 0 amide bonds. The van der Waals surface area contributed by atoms with Crippen molar-refractivity contribution in [3.8, 4) is 0 Å². The molecule has 17 nitrogen and oxygen atoms in total. The van der Waals surface area contributed by atoms with Crippen molar-refractivity contribution < 1.29 is 80.2 Å². The Bertz CT molecular complexity index is 1910. The van der Waals surface area contributed by atoms with Gasteiger partial charge in [-0.15, -0.1) is 0 Å². The quantitative estimate of drug-likeness (QED) is 0.0169. The number of carbonyl (C=O) groups excluding carboxylic acids is 4. The molecule has 0 saturated carbocycles. The summed E-state index contributed by atoms with van der Waals surface area (Å²) in [4.78, 5) is 72.6.